The average Bonchev–Trinajstić information content (AvgIpc) is 3.30. The van der Waals surface area contributed by atoms with E-state index >= 15 is 0 Å². The largest absolute Gasteiger partial charge is 0.462 e. The summed E-state index contributed by atoms with van der Waals surface area (Å²) in [6, 6.07) is 0. The molecule has 0 spiro atoms. The van der Waals surface area contributed by atoms with Gasteiger partial charge in [-0.15, -0.1) is 0 Å². The van der Waals surface area contributed by atoms with Gasteiger partial charge in [-0.3, -0.25) is 9.59 Å². The summed E-state index contributed by atoms with van der Waals surface area (Å²) in [6.45, 7) is 3.40. The van der Waals surface area contributed by atoms with Gasteiger partial charge in [0.15, 0.2) is 12.4 Å². The van der Waals surface area contributed by atoms with E-state index in [0.717, 1.165) is 44.9 Å². The van der Waals surface area contributed by atoms with Crippen LogP contribution in [0.25, 0.3) is 0 Å². The van der Waals surface area contributed by atoms with Crippen molar-refractivity contribution in [2.75, 3.05) is 19.8 Å². The van der Waals surface area contributed by atoms with E-state index in [0.29, 0.717) is 12.8 Å². The van der Waals surface area contributed by atoms with Crippen LogP contribution in [0.3, 0.4) is 0 Å². The number of rotatable bonds is 46. The summed E-state index contributed by atoms with van der Waals surface area (Å²) in [4.78, 5) is 25.5. The molecule has 10 nitrogen and oxygen atoms in total. The van der Waals surface area contributed by atoms with E-state index in [1.165, 1.54) is 161 Å². The molecule has 1 aliphatic heterocycles. The van der Waals surface area contributed by atoms with Gasteiger partial charge in [0, 0.05) is 12.8 Å². The molecule has 0 aromatic rings. The molecule has 1 heterocycles. The van der Waals surface area contributed by atoms with Gasteiger partial charge < -0.3 is 39.4 Å². The lowest BCUT2D eigenvalue weighted by Gasteiger charge is -2.39. The van der Waals surface area contributed by atoms with Crippen LogP contribution in [0.2, 0.25) is 0 Å². The zero-order valence-electron chi connectivity index (χ0n) is 41.7. The molecule has 6 atom stereocenters. The molecular weight excluding hydrogens is 821 g/mol. The van der Waals surface area contributed by atoms with Crippen molar-refractivity contribution in [3.8, 4) is 0 Å². The van der Waals surface area contributed by atoms with Crippen LogP contribution in [-0.4, -0.2) is 89.0 Å². The minimum Gasteiger partial charge on any atom is -0.462 e. The summed E-state index contributed by atoms with van der Waals surface area (Å²) < 4.78 is 22.2. The number of unbranched alkanes of at least 4 members (excludes halogenated alkanes) is 29. The van der Waals surface area contributed by atoms with Crippen molar-refractivity contribution in [3.05, 3.63) is 36.5 Å². The fraction of sp³-hybridized carbons (Fsp3) is 0.855. The maximum Gasteiger partial charge on any atom is 0.306 e. The number of aliphatic hydroxyl groups is 4. The standard InChI is InChI=1S/C55H100O10/c1-3-5-7-9-11-13-15-17-19-21-22-23-24-25-26-28-29-31-33-35-37-39-41-43-50(57)62-46-48(47-63-55-54(61)53(60)52(59)49(45-56)65-55)64-51(58)44-42-40-38-36-34-32-30-27-20-18-16-14-12-10-8-6-4-2/h12,14,18,20,35,37,48-49,52-56,59-61H,3-11,13,15-17,19,21-34,36,38-47H2,1-2H3/b14-12+,20-18+,37-35+/t48-,49-,52+,53?,54?,55-/m0/s1. The Kier molecular flexibility index (Phi) is 42.8. The highest BCUT2D eigenvalue weighted by atomic mass is 16.7. The van der Waals surface area contributed by atoms with Gasteiger partial charge in [0.1, 0.15) is 31.0 Å². The second-order valence-electron chi connectivity index (χ2n) is 18.7. The molecule has 10 heteroatoms. The van der Waals surface area contributed by atoms with Crippen molar-refractivity contribution in [1.29, 1.82) is 0 Å². The second kappa shape index (κ2) is 45.7. The number of carbonyl (C=O) groups excluding carboxylic acids is 2. The van der Waals surface area contributed by atoms with Gasteiger partial charge in [-0.2, -0.15) is 0 Å². The number of allylic oxidation sites excluding steroid dienone is 6. The van der Waals surface area contributed by atoms with Crippen LogP contribution in [0.4, 0.5) is 0 Å². The summed E-state index contributed by atoms with van der Waals surface area (Å²) in [7, 11) is 0. The third-order valence-electron chi connectivity index (χ3n) is 12.5. The third-order valence-corrected chi connectivity index (χ3v) is 12.5. The fourth-order valence-electron chi connectivity index (χ4n) is 8.22. The molecule has 0 radical (unpaired) electrons. The minimum absolute atomic E-state index is 0.216. The van der Waals surface area contributed by atoms with Gasteiger partial charge in [-0.1, -0.05) is 204 Å². The Balaban J connectivity index is 2.24. The first-order valence-electron chi connectivity index (χ1n) is 27.1. The quantitative estimate of drug-likeness (QED) is 0.0264. The maximum atomic E-state index is 12.8. The van der Waals surface area contributed by atoms with Gasteiger partial charge in [0.25, 0.3) is 0 Å². The molecule has 1 rings (SSSR count). The fourth-order valence-corrected chi connectivity index (χ4v) is 8.22. The van der Waals surface area contributed by atoms with Crippen molar-refractivity contribution in [2.45, 2.75) is 282 Å². The topological polar surface area (TPSA) is 152 Å². The molecule has 0 aromatic heterocycles. The van der Waals surface area contributed by atoms with E-state index in [4.69, 9.17) is 18.9 Å². The maximum absolute atomic E-state index is 12.8. The number of esters is 2. The average molecular weight is 921 g/mol. The minimum atomic E-state index is -1.60. The number of hydrogen-bond donors (Lipinski definition) is 4. The molecule has 65 heavy (non-hydrogen) atoms. The number of hydrogen-bond acceptors (Lipinski definition) is 10. The first kappa shape index (κ1) is 60.9. The summed E-state index contributed by atoms with van der Waals surface area (Å²) in [5.41, 5.74) is 0. The van der Waals surface area contributed by atoms with E-state index in [-0.39, 0.29) is 26.1 Å². The summed E-state index contributed by atoms with van der Waals surface area (Å²) in [5, 5.41) is 40.2. The number of carbonyl (C=O) groups is 2. The summed E-state index contributed by atoms with van der Waals surface area (Å²) >= 11 is 0. The van der Waals surface area contributed by atoms with Crippen molar-refractivity contribution in [2.24, 2.45) is 0 Å². The van der Waals surface area contributed by atoms with E-state index in [9.17, 15) is 30.0 Å². The van der Waals surface area contributed by atoms with Crippen LogP contribution < -0.4 is 0 Å². The third kappa shape index (κ3) is 36.6. The molecule has 0 saturated carbocycles. The van der Waals surface area contributed by atoms with Gasteiger partial charge >= 0.3 is 11.9 Å². The van der Waals surface area contributed by atoms with Gasteiger partial charge in [-0.25, -0.2) is 0 Å². The predicted molar refractivity (Wildman–Crippen MR) is 266 cm³/mol. The first-order chi connectivity index (χ1) is 31.8. The molecule has 0 amide bonds. The molecule has 0 bridgehead atoms. The van der Waals surface area contributed by atoms with Crippen LogP contribution in [0.1, 0.15) is 245 Å². The Morgan fingerprint density at radius 2 is 0.877 bits per heavy atom. The molecule has 1 fully saturated rings. The van der Waals surface area contributed by atoms with Crippen LogP contribution >= 0.6 is 0 Å². The highest BCUT2D eigenvalue weighted by Gasteiger charge is 2.44. The monoisotopic (exact) mass is 921 g/mol. The van der Waals surface area contributed by atoms with Crippen molar-refractivity contribution < 1.29 is 49.0 Å². The molecule has 1 saturated heterocycles. The Hall–Kier alpha value is -2.08. The number of aliphatic hydroxyl groups excluding tert-OH is 4. The Morgan fingerprint density at radius 3 is 1.37 bits per heavy atom. The van der Waals surface area contributed by atoms with Gasteiger partial charge in [0.05, 0.1) is 13.2 Å². The molecule has 1 aliphatic rings. The summed E-state index contributed by atoms with van der Waals surface area (Å²) in [6.07, 6.45) is 47.4. The molecule has 0 aromatic carbocycles. The highest BCUT2D eigenvalue weighted by Crippen LogP contribution is 2.23. The zero-order chi connectivity index (χ0) is 47.3. The van der Waals surface area contributed by atoms with Crippen LogP contribution in [0.5, 0.6) is 0 Å². The SMILES string of the molecule is CCCCC/C=C/C/C=C/CCCCCCCCCC(=O)O[C@@H](COC(=O)CCC/C=C/CCCCCCCCCCCCCCCCCCCC)CO[C@H]1O[C@@H](CO)[C@@H](O)C(O)C1O. The molecule has 0 aliphatic carbocycles. The smallest absolute Gasteiger partial charge is 0.306 e. The van der Waals surface area contributed by atoms with E-state index in [1.54, 1.807) is 0 Å². The van der Waals surface area contributed by atoms with Crippen molar-refractivity contribution in [3.63, 3.8) is 0 Å². The highest BCUT2D eigenvalue weighted by molar-refractivity contribution is 5.70. The van der Waals surface area contributed by atoms with Crippen molar-refractivity contribution >= 4 is 11.9 Å². The normalized spacial score (nSPS) is 19.5. The lowest BCUT2D eigenvalue weighted by atomic mass is 9.99. The van der Waals surface area contributed by atoms with E-state index in [1.807, 2.05) is 0 Å². The first-order valence-corrected chi connectivity index (χ1v) is 27.1. The Labute approximate surface area is 397 Å². The van der Waals surface area contributed by atoms with Crippen LogP contribution in [-0.2, 0) is 28.5 Å². The lowest BCUT2D eigenvalue weighted by molar-refractivity contribution is -0.305. The predicted octanol–water partition coefficient (Wildman–Crippen LogP) is 13.0. The Morgan fingerprint density at radius 1 is 0.477 bits per heavy atom. The van der Waals surface area contributed by atoms with E-state index in [2.05, 4.69) is 50.3 Å². The zero-order valence-corrected chi connectivity index (χ0v) is 41.7. The summed E-state index contributed by atoms with van der Waals surface area (Å²) in [5.74, 6) is -0.844. The molecule has 380 valence electrons. The van der Waals surface area contributed by atoms with Crippen LogP contribution in [0, 0.1) is 0 Å². The Bertz CT molecular complexity index is 1160. The van der Waals surface area contributed by atoms with Gasteiger partial charge in [-0.05, 0) is 64.2 Å². The number of ether oxygens (including phenoxy) is 4. The molecular formula is C55H100O10. The van der Waals surface area contributed by atoms with Crippen molar-refractivity contribution in [1.82, 2.24) is 0 Å². The van der Waals surface area contributed by atoms with Gasteiger partial charge in [0.2, 0.25) is 0 Å². The lowest BCUT2D eigenvalue weighted by Crippen LogP contribution is -2.59. The second-order valence-corrected chi connectivity index (χ2v) is 18.7. The molecule has 2 unspecified atom stereocenters. The molecule has 4 N–H and O–H groups in total. The van der Waals surface area contributed by atoms with E-state index < -0.39 is 55.4 Å². The van der Waals surface area contributed by atoms with Crippen LogP contribution in [0.15, 0.2) is 36.5 Å².